The van der Waals surface area contributed by atoms with Crippen molar-refractivity contribution < 1.29 is 19.1 Å². The van der Waals surface area contributed by atoms with Gasteiger partial charge in [-0.3, -0.25) is 19.3 Å². The fourth-order valence-electron chi connectivity index (χ4n) is 2.55. The molecule has 0 fully saturated rings. The zero-order chi connectivity index (χ0) is 19.2. The first kappa shape index (κ1) is 19.3. The smallest absolute Gasteiger partial charge is 0.326 e. The number of hydrogen-bond donors (Lipinski definition) is 1. The number of fused-ring (bicyclic) bond motifs is 1. The highest BCUT2D eigenvalue weighted by Gasteiger charge is 2.26. The van der Waals surface area contributed by atoms with Crippen molar-refractivity contribution in [1.29, 1.82) is 0 Å². The minimum atomic E-state index is -0.627. The highest BCUT2D eigenvalue weighted by molar-refractivity contribution is 8.00. The van der Waals surface area contributed by atoms with Crippen LogP contribution < -0.4 is 10.2 Å². The normalized spacial score (nSPS) is 13.1. The number of anilines is 2. The van der Waals surface area contributed by atoms with E-state index in [1.807, 2.05) is 42.7 Å². The predicted molar refractivity (Wildman–Crippen MR) is 107 cm³/mol. The van der Waals surface area contributed by atoms with Gasteiger partial charge in [0.1, 0.15) is 6.54 Å². The summed E-state index contributed by atoms with van der Waals surface area (Å²) in [4.78, 5) is 39.6. The van der Waals surface area contributed by atoms with E-state index in [9.17, 15) is 14.4 Å². The van der Waals surface area contributed by atoms with Crippen LogP contribution in [0.15, 0.2) is 58.3 Å². The second kappa shape index (κ2) is 8.96. The Balaban J connectivity index is 1.54. The van der Waals surface area contributed by atoms with Gasteiger partial charge >= 0.3 is 5.97 Å². The number of amides is 2. The van der Waals surface area contributed by atoms with E-state index in [0.29, 0.717) is 11.4 Å². The van der Waals surface area contributed by atoms with Crippen LogP contribution in [0.25, 0.3) is 0 Å². The number of thioether (sulfide) groups is 2. The van der Waals surface area contributed by atoms with Gasteiger partial charge in [0.15, 0.2) is 6.61 Å². The van der Waals surface area contributed by atoms with Crippen LogP contribution >= 0.6 is 23.5 Å². The zero-order valence-electron chi connectivity index (χ0n) is 14.6. The molecule has 1 heterocycles. The van der Waals surface area contributed by atoms with Crippen LogP contribution in [0.1, 0.15) is 0 Å². The molecular weight excluding hydrogens is 384 g/mol. The maximum Gasteiger partial charge on any atom is 0.326 e. The van der Waals surface area contributed by atoms with Crippen LogP contribution in [0.4, 0.5) is 11.4 Å². The Morgan fingerprint density at radius 2 is 2.04 bits per heavy atom. The molecule has 0 radical (unpaired) electrons. The number of nitrogens with one attached hydrogen (secondary N) is 1. The van der Waals surface area contributed by atoms with Crippen LogP contribution in [0.2, 0.25) is 0 Å². The summed E-state index contributed by atoms with van der Waals surface area (Å²) in [7, 11) is 0. The van der Waals surface area contributed by atoms with Gasteiger partial charge in [-0.1, -0.05) is 18.2 Å². The first-order chi connectivity index (χ1) is 13.1. The molecule has 0 atom stereocenters. The van der Waals surface area contributed by atoms with Crippen LogP contribution in [0.3, 0.4) is 0 Å². The second-order valence-corrected chi connectivity index (χ2v) is 7.57. The fraction of sp³-hybridized carbons (Fsp3) is 0.211. The molecule has 3 rings (SSSR count). The maximum atomic E-state index is 12.1. The van der Waals surface area contributed by atoms with Crippen molar-refractivity contribution in [3.63, 3.8) is 0 Å². The summed E-state index contributed by atoms with van der Waals surface area (Å²) < 4.78 is 5.04. The Hall–Kier alpha value is -2.45. The molecule has 2 aromatic rings. The third kappa shape index (κ3) is 5.05. The van der Waals surface area contributed by atoms with Crippen molar-refractivity contribution in [3.8, 4) is 0 Å². The minimum Gasteiger partial charge on any atom is -0.454 e. The van der Waals surface area contributed by atoms with E-state index < -0.39 is 18.5 Å². The zero-order valence-corrected chi connectivity index (χ0v) is 16.3. The van der Waals surface area contributed by atoms with Crippen LogP contribution in [0.5, 0.6) is 0 Å². The Morgan fingerprint density at radius 3 is 2.85 bits per heavy atom. The summed E-state index contributed by atoms with van der Waals surface area (Å²) in [6.07, 6.45) is 1.95. The lowest BCUT2D eigenvalue weighted by Gasteiger charge is -2.27. The van der Waals surface area contributed by atoms with E-state index >= 15 is 0 Å². The topological polar surface area (TPSA) is 75.7 Å². The SMILES string of the molecule is CSc1cccc(NC(=O)COC(=O)CN2C(=O)CSc3ccccc32)c1. The molecule has 1 aliphatic rings. The predicted octanol–water partition coefficient (Wildman–Crippen LogP) is 3.03. The Kier molecular flexibility index (Phi) is 6.41. The third-order valence-electron chi connectivity index (χ3n) is 3.81. The molecule has 6 nitrogen and oxygen atoms in total. The lowest BCUT2D eigenvalue weighted by Crippen LogP contribution is -2.40. The molecule has 2 amide bonds. The van der Waals surface area contributed by atoms with Crippen molar-refractivity contribution in [1.82, 2.24) is 0 Å². The van der Waals surface area contributed by atoms with E-state index in [4.69, 9.17) is 4.74 Å². The Labute approximate surface area is 165 Å². The van der Waals surface area contributed by atoms with Crippen molar-refractivity contribution >= 4 is 52.7 Å². The summed E-state index contributed by atoms with van der Waals surface area (Å²) in [6, 6.07) is 14.8. The number of ether oxygens (including phenoxy) is 1. The van der Waals surface area contributed by atoms with E-state index in [-0.39, 0.29) is 18.2 Å². The van der Waals surface area contributed by atoms with E-state index in [2.05, 4.69) is 5.32 Å². The third-order valence-corrected chi connectivity index (χ3v) is 5.59. The van der Waals surface area contributed by atoms with Crippen molar-refractivity contribution in [2.45, 2.75) is 9.79 Å². The number of hydrogen-bond acceptors (Lipinski definition) is 6. The summed E-state index contributed by atoms with van der Waals surface area (Å²) in [5.74, 6) is -0.939. The van der Waals surface area contributed by atoms with Gasteiger partial charge in [-0.2, -0.15) is 0 Å². The van der Waals surface area contributed by atoms with Crippen molar-refractivity contribution in [3.05, 3.63) is 48.5 Å². The molecule has 0 saturated carbocycles. The fourth-order valence-corrected chi connectivity index (χ4v) is 3.94. The first-order valence-electron chi connectivity index (χ1n) is 8.18. The van der Waals surface area contributed by atoms with Crippen molar-refractivity contribution in [2.24, 2.45) is 0 Å². The molecule has 27 heavy (non-hydrogen) atoms. The van der Waals surface area contributed by atoms with Gasteiger partial charge in [0, 0.05) is 15.5 Å². The largest absolute Gasteiger partial charge is 0.454 e. The minimum absolute atomic E-state index is 0.158. The van der Waals surface area contributed by atoms with Gasteiger partial charge < -0.3 is 10.1 Å². The summed E-state index contributed by atoms with van der Waals surface area (Å²) >= 11 is 3.01. The maximum absolute atomic E-state index is 12.1. The highest BCUT2D eigenvalue weighted by Crippen LogP contribution is 2.34. The number of carbonyl (C=O) groups is 3. The average Bonchev–Trinajstić information content (AvgIpc) is 2.69. The van der Waals surface area contributed by atoms with Gasteiger partial charge in [0.2, 0.25) is 5.91 Å². The number of rotatable bonds is 6. The number of esters is 1. The second-order valence-electron chi connectivity index (χ2n) is 5.68. The molecule has 1 aliphatic heterocycles. The summed E-state index contributed by atoms with van der Waals surface area (Å²) in [5.41, 5.74) is 1.33. The quantitative estimate of drug-likeness (QED) is 0.591. The average molecular weight is 402 g/mol. The monoisotopic (exact) mass is 402 g/mol. The molecule has 0 bridgehead atoms. The Morgan fingerprint density at radius 1 is 1.22 bits per heavy atom. The standard InChI is InChI=1S/C19H18N2O4S2/c1-26-14-6-4-5-13(9-14)20-17(22)11-25-19(24)10-21-15-7-2-3-8-16(15)27-12-18(21)23/h2-9H,10-12H2,1H3,(H,20,22). The van der Waals surface area contributed by atoms with Gasteiger partial charge in [-0.25, -0.2) is 0 Å². The summed E-state index contributed by atoms with van der Waals surface area (Å²) in [5, 5.41) is 2.69. The molecular formula is C19H18N2O4S2. The van der Waals surface area contributed by atoms with Crippen LogP contribution in [0, 0.1) is 0 Å². The van der Waals surface area contributed by atoms with Crippen LogP contribution in [-0.2, 0) is 19.1 Å². The van der Waals surface area contributed by atoms with Gasteiger partial charge in [0.25, 0.3) is 5.91 Å². The van der Waals surface area contributed by atoms with E-state index in [1.54, 1.807) is 23.9 Å². The molecule has 0 aromatic heterocycles. The van der Waals surface area contributed by atoms with E-state index in [1.165, 1.54) is 16.7 Å². The first-order valence-corrected chi connectivity index (χ1v) is 10.4. The number of benzene rings is 2. The number of para-hydroxylation sites is 1. The Bertz CT molecular complexity index is 872. The molecule has 0 unspecified atom stereocenters. The number of carbonyl (C=O) groups excluding carboxylic acids is 3. The van der Waals surface area contributed by atoms with Gasteiger partial charge in [-0.05, 0) is 36.6 Å². The summed E-state index contributed by atoms with van der Waals surface area (Å²) in [6.45, 7) is -0.619. The molecule has 8 heteroatoms. The molecule has 0 aliphatic carbocycles. The molecule has 1 N–H and O–H groups in total. The highest BCUT2D eigenvalue weighted by atomic mass is 32.2. The number of nitrogens with zero attached hydrogens (tertiary/aromatic N) is 1. The van der Waals surface area contributed by atoms with Crippen LogP contribution in [-0.4, -0.2) is 42.9 Å². The lowest BCUT2D eigenvalue weighted by molar-refractivity contribution is -0.146. The van der Waals surface area contributed by atoms with Crippen molar-refractivity contribution in [2.75, 3.05) is 35.4 Å². The molecule has 2 aromatic carbocycles. The lowest BCUT2D eigenvalue weighted by atomic mass is 10.2. The van der Waals surface area contributed by atoms with E-state index in [0.717, 1.165) is 9.79 Å². The van der Waals surface area contributed by atoms with Gasteiger partial charge in [0.05, 0.1) is 11.4 Å². The van der Waals surface area contributed by atoms with Gasteiger partial charge in [-0.15, -0.1) is 23.5 Å². The molecule has 0 spiro atoms. The molecule has 0 saturated heterocycles. The molecule has 140 valence electrons.